The van der Waals surface area contributed by atoms with E-state index in [9.17, 15) is 14.4 Å². The van der Waals surface area contributed by atoms with Gasteiger partial charge in [0.15, 0.2) is 11.4 Å². The summed E-state index contributed by atoms with van der Waals surface area (Å²) in [5.74, 6) is -0.940. The highest BCUT2D eigenvalue weighted by Gasteiger charge is 2.11. The van der Waals surface area contributed by atoms with E-state index < -0.39 is 5.76 Å². The quantitative estimate of drug-likeness (QED) is 0.582. The molecule has 0 saturated carbocycles. The molecule has 0 unspecified atom stereocenters. The van der Waals surface area contributed by atoms with Gasteiger partial charge >= 0.3 is 5.76 Å². The predicted octanol–water partition coefficient (Wildman–Crippen LogP) is 0.847. The topological polar surface area (TPSA) is 101 Å². The number of carbonyl (C=O) groups is 2. The van der Waals surface area contributed by atoms with Crippen molar-refractivity contribution in [1.82, 2.24) is 10.3 Å². The molecule has 0 fully saturated rings. The number of oxazole rings is 1. The Labute approximate surface area is 120 Å². The van der Waals surface area contributed by atoms with E-state index in [1.54, 1.807) is 19.2 Å². The number of rotatable bonds is 7. The standard InChI is InChI=1S/C14H16N2O5/c1-20-7-6-15-13(18)5-4-11(17)9-2-3-10-12(8-9)21-14(19)16-10/h2-3,8H,4-7H2,1H3,(H,15,18)(H,16,19). The second-order valence-corrected chi connectivity index (χ2v) is 4.49. The molecule has 21 heavy (non-hydrogen) atoms. The molecule has 1 amide bonds. The maximum Gasteiger partial charge on any atom is 0.417 e. The molecule has 0 atom stereocenters. The predicted molar refractivity (Wildman–Crippen MR) is 75.3 cm³/mol. The smallest absolute Gasteiger partial charge is 0.408 e. The molecular weight excluding hydrogens is 276 g/mol. The molecule has 2 rings (SSSR count). The highest BCUT2D eigenvalue weighted by molar-refractivity contribution is 6.00. The molecule has 0 saturated heterocycles. The maximum atomic E-state index is 12.0. The van der Waals surface area contributed by atoms with Gasteiger partial charge in [0.2, 0.25) is 5.91 Å². The average Bonchev–Trinajstić information content (AvgIpc) is 2.84. The monoisotopic (exact) mass is 292 g/mol. The van der Waals surface area contributed by atoms with Crippen LogP contribution in [0.3, 0.4) is 0 Å². The van der Waals surface area contributed by atoms with Gasteiger partial charge < -0.3 is 14.5 Å². The highest BCUT2D eigenvalue weighted by Crippen LogP contribution is 2.14. The number of amides is 1. The maximum absolute atomic E-state index is 12.0. The zero-order valence-electron chi connectivity index (χ0n) is 11.6. The van der Waals surface area contributed by atoms with E-state index in [1.807, 2.05) is 0 Å². The van der Waals surface area contributed by atoms with Crippen LogP contribution >= 0.6 is 0 Å². The van der Waals surface area contributed by atoms with Crippen molar-refractivity contribution in [2.75, 3.05) is 20.3 Å². The second-order valence-electron chi connectivity index (χ2n) is 4.49. The van der Waals surface area contributed by atoms with Crippen LogP contribution in [0, 0.1) is 0 Å². The molecule has 112 valence electrons. The Morgan fingerprint density at radius 3 is 2.90 bits per heavy atom. The van der Waals surface area contributed by atoms with Crippen molar-refractivity contribution < 1.29 is 18.7 Å². The fourth-order valence-corrected chi connectivity index (χ4v) is 1.87. The first-order valence-corrected chi connectivity index (χ1v) is 6.52. The Kier molecular flexibility index (Phi) is 4.89. The van der Waals surface area contributed by atoms with Gasteiger partial charge in [-0.05, 0) is 18.2 Å². The summed E-state index contributed by atoms with van der Waals surface area (Å²) < 4.78 is 9.70. The molecule has 2 N–H and O–H groups in total. The molecule has 0 radical (unpaired) electrons. The largest absolute Gasteiger partial charge is 0.417 e. The number of Topliss-reactive ketones (excluding diaryl/α,β-unsaturated/α-hetero) is 1. The number of benzene rings is 1. The molecule has 1 heterocycles. The summed E-state index contributed by atoms with van der Waals surface area (Å²) in [6.45, 7) is 0.854. The van der Waals surface area contributed by atoms with Crippen LogP contribution in [0.4, 0.5) is 0 Å². The Morgan fingerprint density at radius 1 is 1.33 bits per heavy atom. The van der Waals surface area contributed by atoms with Crippen LogP contribution in [0.15, 0.2) is 27.4 Å². The van der Waals surface area contributed by atoms with E-state index in [0.717, 1.165) is 0 Å². The van der Waals surface area contributed by atoms with Crippen molar-refractivity contribution in [3.05, 3.63) is 34.3 Å². The van der Waals surface area contributed by atoms with Crippen molar-refractivity contribution in [1.29, 1.82) is 0 Å². The van der Waals surface area contributed by atoms with Crippen molar-refractivity contribution in [2.24, 2.45) is 0 Å². The Hall–Kier alpha value is -2.41. The summed E-state index contributed by atoms with van der Waals surface area (Å²) in [5.41, 5.74) is 1.28. The molecule has 0 bridgehead atoms. The molecular formula is C14H16N2O5. The SMILES string of the molecule is COCCNC(=O)CCC(=O)c1ccc2[nH]c(=O)oc2c1. The molecule has 0 spiro atoms. The van der Waals surface area contributed by atoms with Gasteiger partial charge in [0.25, 0.3) is 0 Å². The van der Waals surface area contributed by atoms with Gasteiger partial charge in [-0.15, -0.1) is 0 Å². The molecule has 1 aromatic heterocycles. The number of carbonyl (C=O) groups excluding carboxylic acids is 2. The molecule has 7 heteroatoms. The number of ether oxygens (including phenoxy) is 1. The second kappa shape index (κ2) is 6.85. The lowest BCUT2D eigenvalue weighted by atomic mass is 10.1. The van der Waals surface area contributed by atoms with E-state index >= 15 is 0 Å². The zero-order chi connectivity index (χ0) is 15.2. The third-order valence-corrected chi connectivity index (χ3v) is 2.95. The van der Waals surface area contributed by atoms with Crippen LogP contribution in [-0.2, 0) is 9.53 Å². The van der Waals surface area contributed by atoms with Gasteiger partial charge in [0.05, 0.1) is 12.1 Å². The number of aromatic nitrogens is 1. The third kappa shape index (κ3) is 4.03. The van der Waals surface area contributed by atoms with Crippen LogP contribution < -0.4 is 11.1 Å². The fraction of sp³-hybridized carbons (Fsp3) is 0.357. The van der Waals surface area contributed by atoms with Crippen molar-refractivity contribution in [2.45, 2.75) is 12.8 Å². The lowest BCUT2D eigenvalue weighted by Crippen LogP contribution is -2.27. The summed E-state index contributed by atoms with van der Waals surface area (Å²) in [6, 6.07) is 4.70. The summed E-state index contributed by atoms with van der Waals surface area (Å²) >= 11 is 0. The van der Waals surface area contributed by atoms with E-state index in [1.165, 1.54) is 6.07 Å². The van der Waals surface area contributed by atoms with Crippen molar-refractivity contribution in [3.8, 4) is 0 Å². The number of fused-ring (bicyclic) bond motifs is 1. The minimum absolute atomic E-state index is 0.0962. The third-order valence-electron chi connectivity index (χ3n) is 2.95. The number of aromatic amines is 1. The number of H-pyrrole nitrogens is 1. The molecule has 0 aliphatic rings. The summed E-state index contributed by atoms with van der Waals surface area (Å²) in [6.07, 6.45) is 0.205. The van der Waals surface area contributed by atoms with Crippen LogP contribution in [0.1, 0.15) is 23.2 Å². The van der Waals surface area contributed by atoms with Crippen molar-refractivity contribution in [3.63, 3.8) is 0 Å². The van der Waals surface area contributed by atoms with Crippen molar-refractivity contribution >= 4 is 22.8 Å². The fourth-order valence-electron chi connectivity index (χ4n) is 1.87. The number of hydrogen-bond acceptors (Lipinski definition) is 5. The number of methoxy groups -OCH3 is 1. The van der Waals surface area contributed by atoms with Crippen LogP contribution in [0.2, 0.25) is 0 Å². The molecule has 1 aromatic carbocycles. The number of nitrogens with one attached hydrogen (secondary N) is 2. The van der Waals surface area contributed by atoms with Crippen LogP contribution in [0.25, 0.3) is 11.1 Å². The van der Waals surface area contributed by atoms with E-state index in [0.29, 0.717) is 29.8 Å². The van der Waals surface area contributed by atoms with E-state index in [2.05, 4.69) is 10.3 Å². The van der Waals surface area contributed by atoms with Gasteiger partial charge in [0, 0.05) is 32.1 Å². The molecule has 7 nitrogen and oxygen atoms in total. The lowest BCUT2D eigenvalue weighted by molar-refractivity contribution is -0.121. The Balaban J connectivity index is 1.92. The molecule has 0 aliphatic heterocycles. The first kappa shape index (κ1) is 15.0. The summed E-state index contributed by atoms with van der Waals surface area (Å²) in [4.78, 5) is 37.0. The summed E-state index contributed by atoms with van der Waals surface area (Å²) in [5, 5.41) is 2.64. The van der Waals surface area contributed by atoms with Crippen LogP contribution in [-0.4, -0.2) is 36.9 Å². The van der Waals surface area contributed by atoms with Gasteiger partial charge in [0.1, 0.15) is 0 Å². The normalized spacial score (nSPS) is 10.7. The average molecular weight is 292 g/mol. The Morgan fingerprint density at radius 2 is 2.14 bits per heavy atom. The van der Waals surface area contributed by atoms with Gasteiger partial charge in [-0.25, -0.2) is 4.79 Å². The van der Waals surface area contributed by atoms with Gasteiger partial charge in [-0.1, -0.05) is 0 Å². The van der Waals surface area contributed by atoms with E-state index in [-0.39, 0.29) is 24.5 Å². The minimum atomic E-state index is -0.563. The van der Waals surface area contributed by atoms with Gasteiger partial charge in [-0.3, -0.25) is 14.6 Å². The van der Waals surface area contributed by atoms with Gasteiger partial charge in [-0.2, -0.15) is 0 Å². The molecule has 0 aliphatic carbocycles. The summed E-state index contributed by atoms with van der Waals surface area (Å²) in [7, 11) is 1.55. The van der Waals surface area contributed by atoms with E-state index in [4.69, 9.17) is 9.15 Å². The first-order valence-electron chi connectivity index (χ1n) is 6.52. The minimum Gasteiger partial charge on any atom is -0.408 e. The lowest BCUT2D eigenvalue weighted by Gasteiger charge is -2.04. The first-order chi connectivity index (χ1) is 10.1. The highest BCUT2D eigenvalue weighted by atomic mass is 16.5. The molecule has 2 aromatic rings. The number of hydrogen-bond donors (Lipinski definition) is 2. The van der Waals surface area contributed by atoms with Crippen LogP contribution in [0.5, 0.6) is 0 Å². The number of ketones is 1. The Bertz CT molecular complexity index is 701. The zero-order valence-corrected chi connectivity index (χ0v) is 11.6.